The number of thiazole rings is 1. The van der Waals surface area contributed by atoms with Gasteiger partial charge in [-0.05, 0) is 49.4 Å². The quantitative estimate of drug-likeness (QED) is 0.326. The highest BCUT2D eigenvalue weighted by Crippen LogP contribution is 2.44. The minimum atomic E-state index is -0.192. The minimum Gasteiger partial charge on any atom is -0.495 e. The maximum Gasteiger partial charge on any atom is 0.187 e. The summed E-state index contributed by atoms with van der Waals surface area (Å²) in [5.41, 5.74) is 3.22. The summed E-state index contributed by atoms with van der Waals surface area (Å²) >= 11 is 8.17. The predicted octanol–water partition coefficient (Wildman–Crippen LogP) is 7.21. The van der Waals surface area contributed by atoms with Gasteiger partial charge in [0.1, 0.15) is 11.6 Å². The summed E-state index contributed by atoms with van der Waals surface area (Å²) in [4.78, 5) is 8.14. The molecule has 3 aromatic rings. The average molecular weight is 469 g/mol. The SMILES string of the molecule is C#CCN(c1nc(-c2cccc(OC)c2Cl)c(C)s1)[C@@H](CC1CC1)c1ccc(C)c(F)c1. The maximum absolute atomic E-state index is 14.5. The Morgan fingerprint density at radius 3 is 2.75 bits per heavy atom. The molecule has 0 N–H and O–H groups in total. The zero-order valence-corrected chi connectivity index (χ0v) is 20.1. The van der Waals surface area contributed by atoms with E-state index < -0.39 is 0 Å². The lowest BCUT2D eigenvalue weighted by Crippen LogP contribution is -2.29. The van der Waals surface area contributed by atoms with E-state index in [1.807, 2.05) is 37.3 Å². The highest BCUT2D eigenvalue weighted by molar-refractivity contribution is 7.16. The van der Waals surface area contributed by atoms with E-state index in [9.17, 15) is 4.39 Å². The first-order valence-electron chi connectivity index (χ1n) is 10.7. The van der Waals surface area contributed by atoms with Crippen molar-refractivity contribution >= 4 is 28.1 Å². The molecule has 0 radical (unpaired) electrons. The third kappa shape index (κ3) is 4.62. The van der Waals surface area contributed by atoms with Crippen molar-refractivity contribution in [2.75, 3.05) is 18.6 Å². The van der Waals surface area contributed by atoms with E-state index in [0.717, 1.165) is 33.3 Å². The largest absolute Gasteiger partial charge is 0.495 e. The summed E-state index contributed by atoms with van der Waals surface area (Å²) in [7, 11) is 1.60. The number of halogens is 2. The zero-order chi connectivity index (χ0) is 22.8. The second-order valence-electron chi connectivity index (χ2n) is 8.26. The normalized spacial score (nSPS) is 14.1. The molecule has 0 saturated heterocycles. The van der Waals surface area contributed by atoms with Crippen LogP contribution in [0.25, 0.3) is 11.3 Å². The van der Waals surface area contributed by atoms with Crippen molar-refractivity contribution in [3.05, 3.63) is 63.2 Å². The Bertz CT molecular complexity index is 1170. The number of rotatable bonds is 8. The smallest absolute Gasteiger partial charge is 0.187 e. The van der Waals surface area contributed by atoms with Crippen molar-refractivity contribution in [2.24, 2.45) is 5.92 Å². The summed E-state index contributed by atoms with van der Waals surface area (Å²) in [6, 6.07) is 11.1. The summed E-state index contributed by atoms with van der Waals surface area (Å²) in [6.07, 6.45) is 9.11. The van der Waals surface area contributed by atoms with E-state index in [1.54, 1.807) is 31.4 Å². The lowest BCUT2D eigenvalue weighted by Gasteiger charge is -2.31. The first-order valence-corrected chi connectivity index (χ1v) is 11.9. The number of terminal acetylenes is 1. The molecule has 166 valence electrons. The molecule has 4 rings (SSSR count). The Kier molecular flexibility index (Phi) is 6.74. The van der Waals surface area contributed by atoms with Crippen molar-refractivity contribution in [1.29, 1.82) is 0 Å². The number of methoxy groups -OCH3 is 1. The Morgan fingerprint density at radius 1 is 1.31 bits per heavy atom. The summed E-state index contributed by atoms with van der Waals surface area (Å²) in [5.74, 6) is 3.84. The number of nitrogens with zero attached hydrogens (tertiary/aromatic N) is 2. The zero-order valence-electron chi connectivity index (χ0n) is 18.5. The highest BCUT2D eigenvalue weighted by Gasteiger charge is 2.32. The molecule has 0 spiro atoms. The van der Waals surface area contributed by atoms with Gasteiger partial charge in [-0.15, -0.1) is 17.8 Å². The second kappa shape index (κ2) is 9.52. The number of hydrogen-bond donors (Lipinski definition) is 0. The molecular weight excluding hydrogens is 443 g/mol. The number of ether oxygens (including phenoxy) is 1. The van der Waals surface area contributed by atoms with Crippen LogP contribution in [-0.4, -0.2) is 18.6 Å². The van der Waals surface area contributed by atoms with Gasteiger partial charge < -0.3 is 9.64 Å². The predicted molar refractivity (Wildman–Crippen MR) is 131 cm³/mol. The Balaban J connectivity index is 1.76. The second-order valence-corrected chi connectivity index (χ2v) is 9.82. The number of aromatic nitrogens is 1. The molecule has 3 nitrogen and oxygen atoms in total. The van der Waals surface area contributed by atoms with E-state index in [-0.39, 0.29) is 11.9 Å². The summed E-state index contributed by atoms with van der Waals surface area (Å²) < 4.78 is 19.8. The first kappa shape index (κ1) is 22.6. The fourth-order valence-electron chi connectivity index (χ4n) is 3.94. The standard InChI is InChI=1S/C26H26ClFN2OS/c1-5-13-30(22(14-18-10-11-18)19-12-9-16(2)21(28)15-19)26-29-25(17(3)32-26)20-7-6-8-23(31-4)24(20)27/h1,6-9,12,15,18,22H,10-11,13-14H2,2-4H3/t22-/m0/s1. The van der Waals surface area contributed by atoms with Gasteiger partial charge in [0.2, 0.25) is 0 Å². The van der Waals surface area contributed by atoms with E-state index in [0.29, 0.717) is 28.8 Å². The molecule has 1 fully saturated rings. The topological polar surface area (TPSA) is 25.4 Å². The van der Waals surface area contributed by atoms with Gasteiger partial charge in [0.05, 0.1) is 30.4 Å². The third-order valence-corrected chi connectivity index (χ3v) is 7.34. The van der Waals surface area contributed by atoms with Crippen LogP contribution in [0.5, 0.6) is 5.75 Å². The summed E-state index contributed by atoms with van der Waals surface area (Å²) in [6.45, 7) is 4.20. The molecule has 0 aliphatic heterocycles. The molecule has 1 aromatic heterocycles. The lowest BCUT2D eigenvalue weighted by molar-refractivity contribution is 0.415. The fourth-order valence-corrected chi connectivity index (χ4v) is 5.21. The molecule has 1 saturated carbocycles. The van der Waals surface area contributed by atoms with Gasteiger partial charge >= 0.3 is 0 Å². The van der Waals surface area contributed by atoms with Crippen LogP contribution < -0.4 is 9.64 Å². The van der Waals surface area contributed by atoms with E-state index in [1.165, 1.54) is 12.8 Å². The van der Waals surface area contributed by atoms with Gasteiger partial charge in [-0.2, -0.15) is 0 Å². The van der Waals surface area contributed by atoms with Crippen LogP contribution in [0.2, 0.25) is 5.02 Å². The van der Waals surface area contributed by atoms with Gasteiger partial charge in [0, 0.05) is 10.4 Å². The molecule has 2 aromatic carbocycles. The van der Waals surface area contributed by atoms with Crippen molar-refractivity contribution in [3.8, 4) is 29.4 Å². The van der Waals surface area contributed by atoms with Crippen LogP contribution >= 0.6 is 22.9 Å². The molecule has 1 atom stereocenters. The van der Waals surface area contributed by atoms with Gasteiger partial charge in [0.25, 0.3) is 0 Å². The molecule has 0 bridgehead atoms. The molecule has 0 unspecified atom stereocenters. The molecule has 1 aliphatic rings. The van der Waals surface area contributed by atoms with Crippen LogP contribution in [0.1, 0.15) is 41.3 Å². The Hall–Kier alpha value is -2.55. The third-order valence-electron chi connectivity index (χ3n) is 5.94. The van der Waals surface area contributed by atoms with E-state index >= 15 is 0 Å². The highest BCUT2D eigenvalue weighted by atomic mass is 35.5. The van der Waals surface area contributed by atoms with Crippen molar-refractivity contribution in [3.63, 3.8) is 0 Å². The molecule has 32 heavy (non-hydrogen) atoms. The van der Waals surface area contributed by atoms with Crippen LogP contribution in [-0.2, 0) is 0 Å². The molecule has 1 heterocycles. The number of hydrogen-bond acceptors (Lipinski definition) is 4. The van der Waals surface area contributed by atoms with Crippen LogP contribution in [0, 0.1) is 37.9 Å². The summed E-state index contributed by atoms with van der Waals surface area (Å²) in [5, 5.41) is 1.36. The van der Waals surface area contributed by atoms with Crippen molar-refractivity contribution in [2.45, 2.75) is 39.2 Å². The van der Waals surface area contributed by atoms with Crippen LogP contribution in [0.15, 0.2) is 36.4 Å². The average Bonchev–Trinajstić information content (AvgIpc) is 3.52. The molecular formula is C26H26ClFN2OS. The number of benzene rings is 2. The fraction of sp³-hybridized carbons (Fsp3) is 0.346. The van der Waals surface area contributed by atoms with Crippen LogP contribution in [0.4, 0.5) is 9.52 Å². The van der Waals surface area contributed by atoms with Crippen molar-refractivity contribution < 1.29 is 9.13 Å². The van der Waals surface area contributed by atoms with Crippen LogP contribution in [0.3, 0.4) is 0 Å². The number of anilines is 1. The first-order chi connectivity index (χ1) is 15.4. The monoisotopic (exact) mass is 468 g/mol. The van der Waals surface area contributed by atoms with Crippen molar-refractivity contribution in [1.82, 2.24) is 4.98 Å². The molecule has 1 aliphatic carbocycles. The van der Waals surface area contributed by atoms with E-state index in [4.69, 9.17) is 27.7 Å². The van der Waals surface area contributed by atoms with Gasteiger partial charge in [-0.25, -0.2) is 9.37 Å². The lowest BCUT2D eigenvalue weighted by atomic mass is 9.98. The Morgan fingerprint density at radius 2 is 2.09 bits per heavy atom. The van der Waals surface area contributed by atoms with Gasteiger partial charge in [-0.1, -0.05) is 54.6 Å². The maximum atomic E-state index is 14.5. The number of aryl methyl sites for hydroxylation is 2. The molecule has 0 amide bonds. The van der Waals surface area contributed by atoms with Gasteiger partial charge in [0.15, 0.2) is 5.13 Å². The van der Waals surface area contributed by atoms with Gasteiger partial charge in [-0.3, -0.25) is 0 Å². The van der Waals surface area contributed by atoms with E-state index in [2.05, 4.69) is 10.8 Å². The minimum absolute atomic E-state index is 0.0344. The molecule has 6 heteroatoms. The Labute approximate surface area is 198 Å².